The monoisotopic (exact) mass is 299 g/mol. The summed E-state index contributed by atoms with van der Waals surface area (Å²) >= 11 is 0. The van der Waals surface area contributed by atoms with Gasteiger partial charge in [0.25, 0.3) is 0 Å². The first-order valence-corrected chi connectivity index (χ1v) is 8.28. The van der Waals surface area contributed by atoms with Crippen LogP contribution in [0.4, 0.5) is 0 Å². The maximum Gasteiger partial charge on any atom is 0.243 e. The van der Waals surface area contributed by atoms with Gasteiger partial charge in [0.15, 0.2) is 0 Å². The Hall–Kier alpha value is -1.11. The van der Waals surface area contributed by atoms with Gasteiger partial charge in [-0.05, 0) is 51.0 Å². The molecule has 1 saturated heterocycles. The number of hydrogen-bond acceptors (Lipinski definition) is 4. The summed E-state index contributed by atoms with van der Waals surface area (Å²) in [6, 6.07) is 6.48. The van der Waals surface area contributed by atoms with E-state index in [2.05, 4.69) is 0 Å². The smallest absolute Gasteiger partial charge is 0.243 e. The topological polar surface area (TPSA) is 66.8 Å². The number of ether oxygens (including phenoxy) is 1. The van der Waals surface area contributed by atoms with Crippen LogP contribution in [0, 0.1) is 0 Å². The Morgan fingerprint density at radius 3 is 2.25 bits per heavy atom. The molecule has 1 aromatic rings. The first kappa shape index (κ1) is 15.3. The van der Waals surface area contributed by atoms with Crippen molar-refractivity contribution in [2.45, 2.75) is 43.8 Å². The van der Waals surface area contributed by atoms with E-state index in [0.717, 1.165) is 0 Å². The molecule has 0 bridgehead atoms. The third-order valence-electron chi connectivity index (χ3n) is 3.26. The number of aliphatic hydroxyl groups excluding tert-OH is 1. The van der Waals surface area contributed by atoms with E-state index in [1.54, 1.807) is 24.3 Å². The van der Waals surface area contributed by atoms with Crippen molar-refractivity contribution < 1.29 is 18.3 Å². The summed E-state index contributed by atoms with van der Waals surface area (Å²) in [7, 11) is -3.46. The predicted molar refractivity (Wildman–Crippen MR) is 76.2 cm³/mol. The van der Waals surface area contributed by atoms with Crippen LogP contribution in [0.3, 0.4) is 0 Å². The number of aliphatic hydroxyl groups is 1. The zero-order chi connectivity index (χ0) is 14.8. The van der Waals surface area contributed by atoms with E-state index in [9.17, 15) is 13.5 Å². The summed E-state index contributed by atoms with van der Waals surface area (Å²) in [4.78, 5) is 0.269. The highest BCUT2D eigenvalue weighted by atomic mass is 32.2. The van der Waals surface area contributed by atoms with Crippen molar-refractivity contribution in [1.29, 1.82) is 0 Å². The lowest BCUT2D eigenvalue weighted by Crippen LogP contribution is -2.39. The lowest BCUT2D eigenvalue weighted by atomic mass is 10.1. The van der Waals surface area contributed by atoms with Gasteiger partial charge in [-0.15, -0.1) is 0 Å². The minimum absolute atomic E-state index is 0.0565. The highest BCUT2D eigenvalue weighted by molar-refractivity contribution is 7.89. The van der Waals surface area contributed by atoms with Crippen LogP contribution < -0.4 is 4.74 Å². The number of sulfonamides is 1. The average molecular weight is 299 g/mol. The molecule has 1 aromatic carbocycles. The molecule has 1 heterocycles. The Labute approximate surface area is 120 Å². The Bertz CT molecular complexity index is 531. The Morgan fingerprint density at radius 1 is 1.20 bits per heavy atom. The van der Waals surface area contributed by atoms with Gasteiger partial charge >= 0.3 is 0 Å². The molecule has 1 fully saturated rings. The molecule has 0 aliphatic carbocycles. The summed E-state index contributed by atoms with van der Waals surface area (Å²) in [5, 5.41) is 9.45. The maximum absolute atomic E-state index is 12.4. The summed E-state index contributed by atoms with van der Waals surface area (Å²) in [5.74, 6) is 0.660. The minimum Gasteiger partial charge on any atom is -0.491 e. The Balaban J connectivity index is 2.13. The van der Waals surface area contributed by atoms with Gasteiger partial charge in [-0.2, -0.15) is 4.31 Å². The molecular formula is C14H21NO4S. The molecule has 112 valence electrons. The molecule has 2 rings (SSSR count). The van der Waals surface area contributed by atoms with Gasteiger partial charge in [-0.25, -0.2) is 8.42 Å². The van der Waals surface area contributed by atoms with Crippen LogP contribution in [-0.4, -0.2) is 43.1 Å². The van der Waals surface area contributed by atoms with Gasteiger partial charge in [0, 0.05) is 13.1 Å². The van der Waals surface area contributed by atoms with Crippen molar-refractivity contribution in [3.63, 3.8) is 0 Å². The molecule has 1 aliphatic rings. The van der Waals surface area contributed by atoms with Gasteiger partial charge < -0.3 is 9.84 Å². The molecule has 0 atom stereocenters. The van der Waals surface area contributed by atoms with Crippen LogP contribution >= 0.6 is 0 Å². The fraction of sp³-hybridized carbons (Fsp3) is 0.571. The second-order valence-electron chi connectivity index (χ2n) is 5.27. The van der Waals surface area contributed by atoms with Crippen LogP contribution in [0.5, 0.6) is 5.75 Å². The zero-order valence-corrected chi connectivity index (χ0v) is 12.6. The Morgan fingerprint density at radius 2 is 1.75 bits per heavy atom. The van der Waals surface area contributed by atoms with Gasteiger partial charge in [-0.3, -0.25) is 0 Å². The second-order valence-corrected chi connectivity index (χ2v) is 7.21. The van der Waals surface area contributed by atoms with Crippen molar-refractivity contribution >= 4 is 10.0 Å². The number of piperidine rings is 1. The first-order valence-electron chi connectivity index (χ1n) is 6.84. The van der Waals surface area contributed by atoms with Crippen LogP contribution in [-0.2, 0) is 10.0 Å². The molecule has 0 amide bonds. The molecule has 0 unspecified atom stereocenters. The van der Waals surface area contributed by atoms with Crippen molar-refractivity contribution in [3.05, 3.63) is 24.3 Å². The molecule has 20 heavy (non-hydrogen) atoms. The molecule has 6 heteroatoms. The lowest BCUT2D eigenvalue weighted by Gasteiger charge is -2.28. The number of nitrogens with zero attached hydrogens (tertiary/aromatic N) is 1. The standard InChI is InChI=1S/C14H21NO4S/c1-11(2)19-13-3-5-14(6-4-13)20(17,18)15-9-7-12(16)8-10-15/h3-6,11-12,16H,7-10H2,1-2H3. The van der Waals surface area contributed by atoms with Gasteiger partial charge in [0.1, 0.15) is 5.75 Å². The van der Waals surface area contributed by atoms with Crippen LogP contribution in [0.15, 0.2) is 29.2 Å². The van der Waals surface area contributed by atoms with Crippen molar-refractivity contribution in [2.75, 3.05) is 13.1 Å². The summed E-state index contributed by atoms with van der Waals surface area (Å²) in [6.07, 6.45) is 0.658. The minimum atomic E-state index is -3.46. The molecule has 0 radical (unpaired) electrons. The van der Waals surface area contributed by atoms with E-state index in [4.69, 9.17) is 4.74 Å². The molecule has 5 nitrogen and oxygen atoms in total. The predicted octanol–water partition coefficient (Wildman–Crippen LogP) is 1.62. The van der Waals surface area contributed by atoms with Gasteiger partial charge in [0.2, 0.25) is 10.0 Å². The Kier molecular flexibility index (Phi) is 4.67. The SMILES string of the molecule is CC(C)Oc1ccc(S(=O)(=O)N2CCC(O)CC2)cc1. The van der Waals surface area contributed by atoms with E-state index in [-0.39, 0.29) is 17.1 Å². The van der Waals surface area contributed by atoms with Gasteiger partial charge in [-0.1, -0.05) is 0 Å². The van der Waals surface area contributed by atoms with Crippen LogP contribution in [0.2, 0.25) is 0 Å². The van der Waals surface area contributed by atoms with E-state index in [1.165, 1.54) is 4.31 Å². The number of rotatable bonds is 4. The van der Waals surface area contributed by atoms with E-state index < -0.39 is 10.0 Å². The normalized spacial score (nSPS) is 18.4. The lowest BCUT2D eigenvalue weighted by molar-refractivity contribution is 0.113. The highest BCUT2D eigenvalue weighted by Crippen LogP contribution is 2.23. The summed E-state index contributed by atoms with van der Waals surface area (Å²) in [6.45, 7) is 4.58. The van der Waals surface area contributed by atoms with Crippen LogP contribution in [0.25, 0.3) is 0 Å². The third-order valence-corrected chi connectivity index (χ3v) is 5.17. The second kappa shape index (κ2) is 6.11. The summed E-state index contributed by atoms with van der Waals surface area (Å²) in [5.41, 5.74) is 0. The van der Waals surface area contributed by atoms with Crippen LogP contribution in [0.1, 0.15) is 26.7 Å². The van der Waals surface area contributed by atoms with E-state index >= 15 is 0 Å². The van der Waals surface area contributed by atoms with E-state index in [0.29, 0.717) is 31.7 Å². The zero-order valence-electron chi connectivity index (χ0n) is 11.8. The van der Waals surface area contributed by atoms with Crippen molar-refractivity contribution in [1.82, 2.24) is 4.31 Å². The molecule has 0 aromatic heterocycles. The van der Waals surface area contributed by atoms with Gasteiger partial charge in [0.05, 0.1) is 17.1 Å². The first-order chi connectivity index (χ1) is 9.39. The highest BCUT2D eigenvalue weighted by Gasteiger charge is 2.28. The summed E-state index contributed by atoms with van der Waals surface area (Å²) < 4.78 is 31.8. The average Bonchev–Trinajstić information content (AvgIpc) is 2.39. The van der Waals surface area contributed by atoms with Crippen molar-refractivity contribution in [3.8, 4) is 5.75 Å². The maximum atomic E-state index is 12.4. The van der Waals surface area contributed by atoms with Crippen molar-refractivity contribution in [2.24, 2.45) is 0 Å². The number of benzene rings is 1. The third kappa shape index (κ3) is 3.50. The molecular weight excluding hydrogens is 278 g/mol. The quantitative estimate of drug-likeness (QED) is 0.917. The molecule has 0 saturated carbocycles. The largest absolute Gasteiger partial charge is 0.491 e. The molecule has 1 N–H and O–H groups in total. The molecule has 1 aliphatic heterocycles. The number of hydrogen-bond donors (Lipinski definition) is 1. The fourth-order valence-electron chi connectivity index (χ4n) is 2.19. The molecule has 0 spiro atoms. The van der Waals surface area contributed by atoms with E-state index in [1.807, 2.05) is 13.8 Å². The fourth-order valence-corrected chi connectivity index (χ4v) is 3.66.